The molecule has 0 unspecified atom stereocenters. The highest BCUT2D eigenvalue weighted by Gasteiger charge is 1.76. The summed E-state index contributed by atoms with van der Waals surface area (Å²) >= 11 is 0. The molecule has 0 aromatic carbocycles. The molecule has 0 spiro atoms. The molecule has 0 amide bonds. The zero-order valence-electron chi connectivity index (χ0n) is 2.68. The number of allylic oxidation sites excluding steroid dienone is 1. The maximum Gasteiger partial charge on any atom is 0.241 e. The van der Waals surface area contributed by atoms with Gasteiger partial charge in [0.05, 0.1) is 0 Å². The van der Waals surface area contributed by atoms with Gasteiger partial charge in [0.1, 0.15) is 0 Å². The van der Waals surface area contributed by atoms with Gasteiger partial charge in [-0.25, -0.2) is 0 Å². The monoisotopic (exact) mass is 81.0 g/mol. The van der Waals surface area contributed by atoms with Crippen molar-refractivity contribution in [3.63, 3.8) is 0 Å². The van der Waals surface area contributed by atoms with Crippen LogP contribution >= 0.6 is 0 Å². The van der Waals surface area contributed by atoms with Gasteiger partial charge in [0.2, 0.25) is 9.68 Å². The van der Waals surface area contributed by atoms with Crippen molar-refractivity contribution in [2.24, 2.45) is 4.66 Å². The summed E-state index contributed by atoms with van der Waals surface area (Å²) in [5, 5.41) is 0. The van der Waals surface area contributed by atoms with E-state index >= 15 is 0 Å². The lowest BCUT2D eigenvalue weighted by molar-refractivity contribution is 1.94. The molecule has 0 aliphatic carbocycles. The van der Waals surface area contributed by atoms with Gasteiger partial charge in [0.15, 0.2) is 0 Å². The van der Waals surface area contributed by atoms with Gasteiger partial charge in [-0.2, -0.15) is 0 Å². The van der Waals surface area contributed by atoms with Crippen LogP contribution in [0.1, 0.15) is 0 Å². The third-order valence-corrected chi connectivity index (χ3v) is 1.05. The quantitative estimate of drug-likeness (QED) is 0.369. The first kappa shape index (κ1) is 2.84. The number of hydrogen-bond acceptors (Lipinski definition) is 1. The van der Waals surface area contributed by atoms with E-state index in [-0.39, 0.29) is 0 Å². The number of hydrogen-bond donors (Lipinski definition) is 0. The molecule has 2 radical (unpaired) electrons. The molecule has 0 N–H and O–H groups in total. The highest BCUT2D eigenvalue weighted by Crippen LogP contribution is 1.75. The van der Waals surface area contributed by atoms with E-state index in [0.29, 0.717) is 9.68 Å². The van der Waals surface area contributed by atoms with Gasteiger partial charge in [-0.3, -0.25) is 0 Å². The molecule has 0 aromatic rings. The predicted octanol–water partition coefficient (Wildman–Crippen LogP) is 0.204. The topological polar surface area (TPSA) is 12.4 Å². The van der Waals surface area contributed by atoms with Crippen LogP contribution in [0.5, 0.6) is 0 Å². The van der Waals surface area contributed by atoms with Gasteiger partial charge in [0, 0.05) is 6.21 Å². The average molecular weight is 81.1 g/mol. The Balaban J connectivity index is 2.61. The normalized spacial score (nSPS) is 17.6. The van der Waals surface area contributed by atoms with Gasteiger partial charge in [-0.05, 0) is 0 Å². The van der Waals surface area contributed by atoms with E-state index in [4.69, 9.17) is 0 Å². The summed E-state index contributed by atoms with van der Waals surface area (Å²) in [5.41, 5.74) is 2.04. The van der Waals surface area contributed by atoms with Crippen molar-refractivity contribution in [3.05, 3.63) is 11.8 Å². The fraction of sp³-hybridized carbons (Fsp3) is 0. The van der Waals surface area contributed by atoms with E-state index in [1.807, 2.05) is 18.0 Å². The fourth-order valence-corrected chi connectivity index (χ4v) is 0.645. The standard InChI is InChI=1S/C3H3NSi/c1-2-4-5-3-1/h1-3H. The van der Waals surface area contributed by atoms with Crippen LogP contribution in [0.15, 0.2) is 16.4 Å². The van der Waals surface area contributed by atoms with Crippen molar-refractivity contribution in [2.75, 3.05) is 0 Å². The van der Waals surface area contributed by atoms with E-state index < -0.39 is 0 Å². The van der Waals surface area contributed by atoms with Crippen LogP contribution in [0.4, 0.5) is 0 Å². The SMILES string of the molecule is C1=C[Si]N=C1. The van der Waals surface area contributed by atoms with Gasteiger partial charge in [0.25, 0.3) is 0 Å². The van der Waals surface area contributed by atoms with Crippen LogP contribution in [0.3, 0.4) is 0 Å². The first-order valence-electron chi connectivity index (χ1n) is 1.44. The van der Waals surface area contributed by atoms with Crippen molar-refractivity contribution in [2.45, 2.75) is 0 Å². The van der Waals surface area contributed by atoms with Crippen LogP contribution in [0.25, 0.3) is 0 Å². The highest BCUT2D eigenvalue weighted by molar-refractivity contribution is 6.44. The van der Waals surface area contributed by atoms with Crippen molar-refractivity contribution >= 4 is 15.9 Å². The second kappa shape index (κ2) is 1.17. The summed E-state index contributed by atoms with van der Waals surface area (Å²) in [6, 6.07) is 0. The molecule has 0 bridgehead atoms. The molecule has 1 aliphatic rings. The Labute approximate surface area is 33.3 Å². The summed E-state index contributed by atoms with van der Waals surface area (Å²) in [6.45, 7) is 0. The van der Waals surface area contributed by atoms with Crippen LogP contribution < -0.4 is 0 Å². The Hall–Kier alpha value is -0.373. The van der Waals surface area contributed by atoms with E-state index in [9.17, 15) is 0 Å². The summed E-state index contributed by atoms with van der Waals surface area (Å²) in [7, 11) is 0.698. The summed E-state index contributed by atoms with van der Waals surface area (Å²) in [4.78, 5) is 0. The minimum absolute atomic E-state index is 0.698. The number of rotatable bonds is 0. The van der Waals surface area contributed by atoms with Crippen LogP contribution in [0.2, 0.25) is 0 Å². The van der Waals surface area contributed by atoms with Gasteiger partial charge >= 0.3 is 0 Å². The van der Waals surface area contributed by atoms with Gasteiger partial charge in [-0.15, -0.1) is 0 Å². The lowest BCUT2D eigenvalue weighted by Crippen LogP contribution is -1.63. The fourth-order valence-electron chi connectivity index (χ4n) is 0.215. The predicted molar refractivity (Wildman–Crippen MR) is 23.4 cm³/mol. The Bertz CT molecular complexity index is 65.0. The largest absolute Gasteiger partial charge is 0.325 e. The lowest BCUT2D eigenvalue weighted by Gasteiger charge is -1.55. The Morgan fingerprint density at radius 1 is 1.60 bits per heavy atom. The third kappa shape index (κ3) is 0.448. The molecule has 2 heteroatoms. The van der Waals surface area contributed by atoms with E-state index in [2.05, 4.69) is 4.66 Å². The first-order chi connectivity index (χ1) is 2.50. The Kier molecular flexibility index (Phi) is 0.665. The molecule has 0 fully saturated rings. The van der Waals surface area contributed by atoms with Gasteiger partial charge in [-0.1, -0.05) is 11.8 Å². The van der Waals surface area contributed by atoms with E-state index in [0.717, 1.165) is 0 Å². The minimum atomic E-state index is 0.698. The van der Waals surface area contributed by atoms with Crippen LogP contribution in [-0.2, 0) is 0 Å². The molecule has 1 aliphatic heterocycles. The molecule has 1 rings (SSSR count). The molecule has 0 saturated heterocycles. The molecular weight excluding hydrogens is 78.1 g/mol. The summed E-state index contributed by atoms with van der Waals surface area (Å²) < 4.78 is 3.88. The zero-order valence-corrected chi connectivity index (χ0v) is 3.68. The van der Waals surface area contributed by atoms with Crippen molar-refractivity contribution in [1.82, 2.24) is 0 Å². The molecule has 0 atom stereocenters. The Morgan fingerprint density at radius 3 is 2.80 bits per heavy atom. The molecular formula is C3H3NSi. The average Bonchev–Trinajstić information content (AvgIpc) is 1.76. The summed E-state index contributed by atoms with van der Waals surface area (Å²) in [6.07, 6.45) is 3.77. The molecule has 0 saturated carbocycles. The number of nitrogens with zero attached hydrogens (tertiary/aromatic N) is 1. The van der Waals surface area contributed by atoms with Crippen molar-refractivity contribution in [1.29, 1.82) is 0 Å². The van der Waals surface area contributed by atoms with Crippen LogP contribution in [0, 0.1) is 0 Å². The lowest BCUT2D eigenvalue weighted by atomic mass is 10.7. The summed E-state index contributed by atoms with van der Waals surface area (Å²) in [5.74, 6) is 0. The van der Waals surface area contributed by atoms with E-state index in [1.54, 1.807) is 0 Å². The smallest absolute Gasteiger partial charge is 0.241 e. The molecule has 5 heavy (non-hydrogen) atoms. The van der Waals surface area contributed by atoms with Crippen molar-refractivity contribution in [3.8, 4) is 0 Å². The maximum absolute atomic E-state index is 3.88. The molecule has 1 heterocycles. The van der Waals surface area contributed by atoms with Gasteiger partial charge < -0.3 is 4.66 Å². The highest BCUT2D eigenvalue weighted by atomic mass is 28.2. The molecule has 24 valence electrons. The molecule has 1 nitrogen and oxygen atoms in total. The van der Waals surface area contributed by atoms with E-state index in [1.165, 1.54) is 0 Å². The maximum atomic E-state index is 3.88. The molecule has 0 aromatic heterocycles. The second-order valence-electron chi connectivity index (χ2n) is 0.766. The Morgan fingerprint density at radius 2 is 2.60 bits per heavy atom. The minimum Gasteiger partial charge on any atom is -0.325 e. The van der Waals surface area contributed by atoms with Crippen molar-refractivity contribution < 1.29 is 0 Å². The first-order valence-corrected chi connectivity index (χ1v) is 2.46. The van der Waals surface area contributed by atoms with Crippen LogP contribution in [-0.4, -0.2) is 15.9 Å². The second-order valence-corrected chi connectivity index (χ2v) is 1.62. The zero-order chi connectivity index (χ0) is 3.54. The third-order valence-electron chi connectivity index (χ3n) is 0.406.